The molecular formula is C13H17BrN4. The molecule has 5 heteroatoms. The van der Waals surface area contributed by atoms with Crippen molar-refractivity contribution in [2.75, 3.05) is 7.05 Å². The second kappa shape index (κ2) is 5.20. The van der Waals surface area contributed by atoms with Gasteiger partial charge in [-0.3, -0.25) is 4.68 Å². The van der Waals surface area contributed by atoms with E-state index in [2.05, 4.69) is 57.3 Å². The van der Waals surface area contributed by atoms with Gasteiger partial charge < -0.3 is 5.32 Å². The molecule has 96 valence electrons. The second-order valence-corrected chi connectivity index (χ2v) is 5.23. The third kappa shape index (κ3) is 2.33. The third-order valence-corrected chi connectivity index (χ3v) is 4.34. The van der Waals surface area contributed by atoms with Crippen LogP contribution in [0.4, 0.5) is 0 Å². The Morgan fingerprint density at radius 3 is 2.33 bits per heavy atom. The molecule has 0 bridgehead atoms. The Morgan fingerprint density at radius 1 is 1.28 bits per heavy atom. The van der Waals surface area contributed by atoms with E-state index in [1.807, 2.05) is 14.1 Å². The summed E-state index contributed by atoms with van der Waals surface area (Å²) in [6.45, 7) is 4.20. The first-order valence-corrected chi connectivity index (χ1v) is 6.61. The molecule has 1 unspecified atom stereocenters. The second-order valence-electron chi connectivity index (χ2n) is 4.43. The molecule has 1 heterocycles. The molecule has 2 rings (SSSR count). The highest BCUT2D eigenvalue weighted by atomic mass is 79.9. The van der Waals surface area contributed by atoms with Gasteiger partial charge in [0.25, 0.3) is 0 Å². The first-order valence-electron chi connectivity index (χ1n) is 5.82. The summed E-state index contributed by atoms with van der Waals surface area (Å²) in [5.74, 6) is 0.915. The fourth-order valence-corrected chi connectivity index (χ4v) is 2.39. The number of benzene rings is 1. The number of hydrogen-bond acceptors (Lipinski definition) is 3. The van der Waals surface area contributed by atoms with E-state index in [1.54, 1.807) is 11.0 Å². The smallest absolute Gasteiger partial charge is 0.148 e. The van der Waals surface area contributed by atoms with Crippen molar-refractivity contribution in [2.45, 2.75) is 19.9 Å². The zero-order chi connectivity index (χ0) is 13.3. The molecule has 0 aliphatic carbocycles. The van der Waals surface area contributed by atoms with Crippen LogP contribution in [0.3, 0.4) is 0 Å². The van der Waals surface area contributed by atoms with Gasteiger partial charge in [0.1, 0.15) is 12.2 Å². The van der Waals surface area contributed by atoms with Crippen molar-refractivity contribution in [2.24, 2.45) is 7.05 Å². The average molecular weight is 309 g/mol. The minimum absolute atomic E-state index is 0.0583. The molecule has 0 saturated heterocycles. The SMILES string of the molecule is CNC(c1cc(C)c(Br)c(C)c1)c1ncnn1C. The molecule has 1 atom stereocenters. The summed E-state index contributed by atoms with van der Waals surface area (Å²) in [6.07, 6.45) is 1.58. The zero-order valence-electron chi connectivity index (χ0n) is 11.0. The average Bonchev–Trinajstić information content (AvgIpc) is 2.74. The Bertz CT molecular complexity index is 539. The molecule has 0 saturated carbocycles. The summed E-state index contributed by atoms with van der Waals surface area (Å²) in [5, 5.41) is 7.43. The maximum atomic E-state index is 4.32. The van der Waals surface area contributed by atoms with E-state index < -0.39 is 0 Å². The topological polar surface area (TPSA) is 42.7 Å². The van der Waals surface area contributed by atoms with Gasteiger partial charge in [-0.1, -0.05) is 28.1 Å². The Labute approximate surface area is 116 Å². The highest BCUT2D eigenvalue weighted by Gasteiger charge is 2.18. The zero-order valence-corrected chi connectivity index (χ0v) is 12.6. The van der Waals surface area contributed by atoms with Crippen molar-refractivity contribution >= 4 is 15.9 Å². The maximum Gasteiger partial charge on any atom is 0.148 e. The monoisotopic (exact) mass is 308 g/mol. The van der Waals surface area contributed by atoms with Crippen molar-refractivity contribution in [3.05, 3.63) is 45.4 Å². The van der Waals surface area contributed by atoms with Gasteiger partial charge in [-0.05, 0) is 37.6 Å². The van der Waals surface area contributed by atoms with Gasteiger partial charge in [0, 0.05) is 11.5 Å². The Hall–Kier alpha value is -1.20. The summed E-state index contributed by atoms with van der Waals surface area (Å²) >= 11 is 3.59. The van der Waals surface area contributed by atoms with E-state index in [-0.39, 0.29) is 6.04 Å². The van der Waals surface area contributed by atoms with Crippen molar-refractivity contribution in [1.29, 1.82) is 0 Å². The molecule has 0 amide bonds. The number of halogens is 1. The molecule has 0 radical (unpaired) electrons. The molecule has 1 aromatic carbocycles. The molecule has 0 aliphatic heterocycles. The van der Waals surface area contributed by atoms with Gasteiger partial charge in [0.15, 0.2) is 0 Å². The first kappa shape index (κ1) is 13.2. The quantitative estimate of drug-likeness (QED) is 0.947. The van der Waals surface area contributed by atoms with Crippen LogP contribution in [0.5, 0.6) is 0 Å². The number of aromatic nitrogens is 3. The summed E-state index contributed by atoms with van der Waals surface area (Å²) in [7, 11) is 3.84. The van der Waals surface area contributed by atoms with Crippen LogP contribution in [0, 0.1) is 13.8 Å². The standard InChI is InChI=1S/C13H17BrN4/c1-8-5-10(6-9(2)11(8)14)12(15-3)13-16-7-17-18(13)4/h5-7,12,15H,1-4H3. The number of aryl methyl sites for hydroxylation is 3. The van der Waals surface area contributed by atoms with Crippen LogP contribution in [0.1, 0.15) is 28.6 Å². The van der Waals surface area contributed by atoms with Gasteiger partial charge in [0.05, 0.1) is 6.04 Å². The summed E-state index contributed by atoms with van der Waals surface area (Å²) in [5.41, 5.74) is 3.66. The van der Waals surface area contributed by atoms with E-state index in [4.69, 9.17) is 0 Å². The van der Waals surface area contributed by atoms with Crippen molar-refractivity contribution in [3.8, 4) is 0 Å². The lowest BCUT2D eigenvalue weighted by molar-refractivity contribution is 0.590. The van der Waals surface area contributed by atoms with Crippen molar-refractivity contribution in [1.82, 2.24) is 20.1 Å². The first-order chi connectivity index (χ1) is 8.54. The van der Waals surface area contributed by atoms with Gasteiger partial charge in [0.2, 0.25) is 0 Å². The highest BCUT2D eigenvalue weighted by molar-refractivity contribution is 9.10. The predicted octanol–water partition coefficient (Wildman–Crippen LogP) is 2.50. The van der Waals surface area contributed by atoms with Gasteiger partial charge in [-0.2, -0.15) is 5.10 Å². The number of nitrogens with zero attached hydrogens (tertiary/aromatic N) is 3. The van der Waals surface area contributed by atoms with E-state index in [1.165, 1.54) is 21.2 Å². The van der Waals surface area contributed by atoms with Crippen molar-refractivity contribution < 1.29 is 0 Å². The van der Waals surface area contributed by atoms with E-state index in [9.17, 15) is 0 Å². The van der Waals surface area contributed by atoms with Crippen LogP contribution in [-0.4, -0.2) is 21.8 Å². The van der Waals surface area contributed by atoms with Crippen LogP contribution >= 0.6 is 15.9 Å². The Balaban J connectivity index is 2.49. The Kier molecular flexibility index (Phi) is 3.82. The van der Waals surface area contributed by atoms with Gasteiger partial charge >= 0.3 is 0 Å². The van der Waals surface area contributed by atoms with Crippen LogP contribution in [-0.2, 0) is 7.05 Å². The Morgan fingerprint density at radius 2 is 1.89 bits per heavy atom. The molecule has 0 aliphatic rings. The largest absolute Gasteiger partial charge is 0.307 e. The summed E-state index contributed by atoms with van der Waals surface area (Å²) in [6, 6.07) is 4.41. The van der Waals surface area contributed by atoms with E-state index in [0.29, 0.717) is 0 Å². The van der Waals surface area contributed by atoms with Crippen LogP contribution in [0.25, 0.3) is 0 Å². The van der Waals surface area contributed by atoms with Crippen LogP contribution in [0.2, 0.25) is 0 Å². The van der Waals surface area contributed by atoms with Gasteiger partial charge in [-0.15, -0.1) is 0 Å². The lowest BCUT2D eigenvalue weighted by atomic mass is 10.0. The van der Waals surface area contributed by atoms with Crippen molar-refractivity contribution in [3.63, 3.8) is 0 Å². The minimum atomic E-state index is 0.0583. The van der Waals surface area contributed by atoms with E-state index >= 15 is 0 Å². The molecule has 0 fully saturated rings. The molecule has 4 nitrogen and oxygen atoms in total. The summed E-state index contributed by atoms with van der Waals surface area (Å²) < 4.78 is 2.97. The fraction of sp³-hybridized carbons (Fsp3) is 0.385. The maximum absolute atomic E-state index is 4.32. The molecular weight excluding hydrogens is 292 g/mol. The lowest BCUT2D eigenvalue weighted by Gasteiger charge is -2.18. The predicted molar refractivity (Wildman–Crippen MR) is 75.5 cm³/mol. The lowest BCUT2D eigenvalue weighted by Crippen LogP contribution is -2.21. The molecule has 2 aromatic rings. The normalized spacial score (nSPS) is 12.7. The van der Waals surface area contributed by atoms with Crippen LogP contribution in [0.15, 0.2) is 22.9 Å². The summed E-state index contributed by atoms with van der Waals surface area (Å²) in [4.78, 5) is 4.32. The number of nitrogens with one attached hydrogen (secondary N) is 1. The number of rotatable bonds is 3. The highest BCUT2D eigenvalue weighted by Crippen LogP contribution is 2.27. The van der Waals surface area contributed by atoms with Crippen LogP contribution < -0.4 is 5.32 Å². The van der Waals surface area contributed by atoms with Gasteiger partial charge in [-0.25, -0.2) is 4.98 Å². The molecule has 1 aromatic heterocycles. The number of hydrogen-bond donors (Lipinski definition) is 1. The fourth-order valence-electron chi connectivity index (χ4n) is 2.16. The molecule has 0 spiro atoms. The third-order valence-electron chi connectivity index (χ3n) is 3.09. The molecule has 18 heavy (non-hydrogen) atoms. The molecule has 1 N–H and O–H groups in total. The minimum Gasteiger partial charge on any atom is -0.307 e. The van der Waals surface area contributed by atoms with E-state index in [0.717, 1.165) is 5.82 Å².